The molecule has 6 rings (SSSR count). The molecule has 0 spiro atoms. The molecule has 0 N–H and O–H groups in total. The third-order valence-electron chi connectivity index (χ3n) is 5.15. The van der Waals surface area contributed by atoms with E-state index in [1.54, 1.807) is 6.26 Å². The molecular formula is C20H15N3O. The molecule has 3 aromatic rings. The van der Waals surface area contributed by atoms with Gasteiger partial charge in [-0.3, -0.25) is 9.98 Å². The summed E-state index contributed by atoms with van der Waals surface area (Å²) in [5.74, 6) is 0.225. The van der Waals surface area contributed by atoms with Gasteiger partial charge < -0.3 is 4.42 Å². The Labute approximate surface area is 139 Å². The van der Waals surface area contributed by atoms with Gasteiger partial charge in [0.2, 0.25) is 0 Å². The molecule has 4 nitrogen and oxygen atoms in total. The van der Waals surface area contributed by atoms with E-state index in [9.17, 15) is 0 Å². The van der Waals surface area contributed by atoms with Crippen molar-refractivity contribution in [2.75, 3.05) is 0 Å². The molecule has 0 radical (unpaired) electrons. The average Bonchev–Trinajstić information content (AvgIpc) is 3.06. The van der Waals surface area contributed by atoms with E-state index in [2.05, 4.69) is 46.8 Å². The van der Waals surface area contributed by atoms with E-state index < -0.39 is 0 Å². The van der Waals surface area contributed by atoms with Gasteiger partial charge in [0.05, 0.1) is 29.8 Å². The highest BCUT2D eigenvalue weighted by Gasteiger charge is 2.42. The first-order valence-corrected chi connectivity index (χ1v) is 7.93. The number of furan rings is 1. The van der Waals surface area contributed by atoms with Crippen LogP contribution in [0.15, 0.2) is 68.7 Å². The number of rotatable bonds is 2. The first-order valence-electron chi connectivity index (χ1n) is 7.93. The molecule has 2 unspecified atom stereocenters. The Bertz CT molecular complexity index is 1060. The SMILES string of the molecule is C=NC=NC1=C(C)C2c3cc4cocc4cc3C1c1ncccc12. The van der Waals surface area contributed by atoms with Crippen molar-refractivity contribution in [1.82, 2.24) is 4.98 Å². The van der Waals surface area contributed by atoms with Gasteiger partial charge in [0.25, 0.3) is 0 Å². The number of pyridine rings is 1. The molecule has 2 atom stereocenters. The number of benzene rings is 1. The normalized spacial score (nSPS) is 21.4. The number of hydrogen-bond acceptors (Lipinski definition) is 3. The fraction of sp³-hybridized carbons (Fsp3) is 0.150. The van der Waals surface area contributed by atoms with Crippen LogP contribution in [0.4, 0.5) is 0 Å². The van der Waals surface area contributed by atoms with Gasteiger partial charge in [-0.25, -0.2) is 4.99 Å². The van der Waals surface area contributed by atoms with Crippen LogP contribution in [0.1, 0.15) is 41.1 Å². The number of aromatic nitrogens is 1. The molecule has 3 aliphatic carbocycles. The number of allylic oxidation sites excluding steroid dienone is 2. The first-order chi connectivity index (χ1) is 11.8. The molecule has 2 heterocycles. The summed E-state index contributed by atoms with van der Waals surface area (Å²) in [6, 6.07) is 8.65. The van der Waals surface area contributed by atoms with Crippen molar-refractivity contribution < 1.29 is 4.42 Å². The van der Waals surface area contributed by atoms with E-state index in [0.717, 1.165) is 22.2 Å². The second-order valence-corrected chi connectivity index (χ2v) is 6.32. The Balaban J connectivity index is 1.85. The quantitative estimate of drug-likeness (QED) is 0.519. The first kappa shape index (κ1) is 13.4. The Hall–Kier alpha value is -3.01. The lowest BCUT2D eigenvalue weighted by atomic mass is 9.64. The van der Waals surface area contributed by atoms with Crippen molar-refractivity contribution in [3.63, 3.8) is 0 Å². The minimum Gasteiger partial charge on any atom is -0.471 e. The summed E-state index contributed by atoms with van der Waals surface area (Å²) in [6.45, 7) is 5.66. The van der Waals surface area contributed by atoms with Crippen LogP contribution in [-0.4, -0.2) is 18.0 Å². The highest BCUT2D eigenvalue weighted by Crippen LogP contribution is 2.55. The predicted molar refractivity (Wildman–Crippen MR) is 94.9 cm³/mol. The molecule has 0 fully saturated rings. The molecule has 2 bridgehead atoms. The monoisotopic (exact) mass is 313 g/mol. The summed E-state index contributed by atoms with van der Waals surface area (Å²) >= 11 is 0. The van der Waals surface area contributed by atoms with Crippen molar-refractivity contribution in [2.24, 2.45) is 9.98 Å². The fourth-order valence-corrected chi connectivity index (χ4v) is 4.18. The summed E-state index contributed by atoms with van der Waals surface area (Å²) in [5.41, 5.74) is 7.27. The highest BCUT2D eigenvalue weighted by molar-refractivity contribution is 5.85. The molecule has 0 amide bonds. The van der Waals surface area contributed by atoms with Crippen molar-refractivity contribution in [2.45, 2.75) is 18.8 Å². The van der Waals surface area contributed by atoms with Crippen molar-refractivity contribution in [3.8, 4) is 0 Å². The number of nitrogens with zero attached hydrogens (tertiary/aromatic N) is 3. The number of hydrogen-bond donors (Lipinski definition) is 0. The zero-order valence-electron chi connectivity index (χ0n) is 13.2. The van der Waals surface area contributed by atoms with E-state index in [0.29, 0.717) is 0 Å². The van der Waals surface area contributed by atoms with Gasteiger partial charge in [0.15, 0.2) is 0 Å². The Morgan fingerprint density at radius 2 is 1.88 bits per heavy atom. The van der Waals surface area contributed by atoms with E-state index in [4.69, 9.17) is 4.42 Å². The second-order valence-electron chi connectivity index (χ2n) is 6.32. The smallest absolute Gasteiger partial charge is 0.114 e. The van der Waals surface area contributed by atoms with Crippen LogP contribution >= 0.6 is 0 Å². The van der Waals surface area contributed by atoms with Gasteiger partial charge in [0, 0.05) is 22.9 Å². The Kier molecular flexibility index (Phi) is 2.65. The molecule has 116 valence electrons. The third kappa shape index (κ3) is 1.60. The van der Waals surface area contributed by atoms with Gasteiger partial charge in [-0.05, 0) is 54.1 Å². The standard InChI is InChI=1S/C20H15N3O/c1-11-17-14-4-3-5-22-20(14)18(19(11)23-10-21-2)16-7-13-9-24-8-12(13)6-15(16)17/h3-10,17-18H,2H2,1H3. The van der Waals surface area contributed by atoms with Gasteiger partial charge in [-0.15, -0.1) is 0 Å². The summed E-state index contributed by atoms with van der Waals surface area (Å²) in [7, 11) is 0. The average molecular weight is 313 g/mol. The van der Waals surface area contributed by atoms with Gasteiger partial charge in [0.1, 0.15) is 6.34 Å². The molecule has 2 aromatic heterocycles. The van der Waals surface area contributed by atoms with Gasteiger partial charge in [-0.1, -0.05) is 6.07 Å². The topological polar surface area (TPSA) is 50.8 Å². The van der Waals surface area contributed by atoms with Crippen molar-refractivity contribution in [1.29, 1.82) is 0 Å². The van der Waals surface area contributed by atoms with E-state index in [1.807, 2.05) is 18.5 Å². The lowest BCUT2D eigenvalue weighted by Crippen LogP contribution is -2.27. The number of fused-ring (bicyclic) bond motifs is 1. The summed E-state index contributed by atoms with van der Waals surface area (Å²) in [6.07, 6.45) is 6.99. The maximum absolute atomic E-state index is 5.39. The van der Waals surface area contributed by atoms with E-state index in [1.165, 1.54) is 28.6 Å². The van der Waals surface area contributed by atoms with E-state index in [-0.39, 0.29) is 11.8 Å². The lowest BCUT2D eigenvalue weighted by molar-refractivity contribution is 0.572. The fourth-order valence-electron chi connectivity index (χ4n) is 4.18. The molecule has 0 saturated carbocycles. The minimum absolute atomic E-state index is 0.0403. The maximum Gasteiger partial charge on any atom is 0.114 e. The van der Waals surface area contributed by atoms with Crippen molar-refractivity contribution in [3.05, 3.63) is 76.6 Å². The van der Waals surface area contributed by atoms with Crippen LogP contribution in [0.2, 0.25) is 0 Å². The second kappa shape index (κ2) is 4.74. The summed E-state index contributed by atoms with van der Waals surface area (Å²) in [4.78, 5) is 13.1. The minimum atomic E-state index is 0.0403. The Morgan fingerprint density at radius 3 is 2.62 bits per heavy atom. The van der Waals surface area contributed by atoms with Crippen LogP contribution in [0, 0.1) is 0 Å². The van der Waals surface area contributed by atoms with Crippen molar-refractivity contribution >= 4 is 23.8 Å². The third-order valence-corrected chi connectivity index (χ3v) is 5.15. The molecule has 24 heavy (non-hydrogen) atoms. The van der Waals surface area contributed by atoms with Crippen LogP contribution in [0.25, 0.3) is 10.8 Å². The zero-order chi connectivity index (χ0) is 16.3. The predicted octanol–water partition coefficient (Wildman–Crippen LogP) is 4.42. The Morgan fingerprint density at radius 1 is 1.12 bits per heavy atom. The van der Waals surface area contributed by atoms with Crippen LogP contribution in [0.5, 0.6) is 0 Å². The molecule has 4 heteroatoms. The molecule has 3 aliphatic rings. The summed E-state index contributed by atoms with van der Waals surface area (Å²) < 4.78 is 5.39. The van der Waals surface area contributed by atoms with Crippen LogP contribution in [-0.2, 0) is 0 Å². The zero-order valence-corrected chi connectivity index (χ0v) is 13.2. The number of aliphatic imine (C=N–C) groups is 2. The van der Waals surface area contributed by atoms with Gasteiger partial charge in [-0.2, -0.15) is 0 Å². The maximum atomic E-state index is 5.39. The lowest BCUT2D eigenvalue weighted by Gasteiger charge is -2.40. The van der Waals surface area contributed by atoms with E-state index >= 15 is 0 Å². The van der Waals surface area contributed by atoms with Crippen LogP contribution in [0.3, 0.4) is 0 Å². The molecule has 0 aliphatic heterocycles. The van der Waals surface area contributed by atoms with Gasteiger partial charge >= 0.3 is 0 Å². The van der Waals surface area contributed by atoms with Crippen LogP contribution < -0.4 is 0 Å². The summed E-state index contributed by atoms with van der Waals surface area (Å²) in [5, 5.41) is 2.25. The molecule has 1 aromatic carbocycles. The largest absolute Gasteiger partial charge is 0.471 e. The molecular weight excluding hydrogens is 298 g/mol. The highest BCUT2D eigenvalue weighted by atomic mass is 16.3. The molecule has 0 saturated heterocycles.